The molecule has 38 heavy (non-hydrogen) atoms. The third kappa shape index (κ3) is 6.51. The molecule has 1 aliphatic heterocycles. The lowest BCUT2D eigenvalue weighted by molar-refractivity contribution is -0.123. The molecule has 4 rings (SSSR count). The molecule has 10 heteroatoms. The van der Waals surface area contributed by atoms with Crippen LogP contribution in [-0.2, 0) is 16.1 Å². The Bertz CT molecular complexity index is 1410. The van der Waals surface area contributed by atoms with Crippen molar-refractivity contribution in [2.75, 3.05) is 18.5 Å². The van der Waals surface area contributed by atoms with E-state index in [1.807, 2.05) is 38.1 Å². The van der Waals surface area contributed by atoms with Gasteiger partial charge in [0.1, 0.15) is 0 Å². The predicted octanol–water partition coefficient (Wildman–Crippen LogP) is 6.95. The van der Waals surface area contributed by atoms with Crippen molar-refractivity contribution in [2.45, 2.75) is 20.4 Å². The summed E-state index contributed by atoms with van der Waals surface area (Å²) in [5.74, 6) is 0.0395. The number of anilines is 1. The average molecular weight is 571 g/mol. The van der Waals surface area contributed by atoms with Crippen molar-refractivity contribution >= 4 is 63.8 Å². The second-order valence-electron chi connectivity index (χ2n) is 8.26. The van der Waals surface area contributed by atoms with Gasteiger partial charge in [0.05, 0.1) is 18.1 Å². The fraction of sp³-hybridized carbons (Fsp3) is 0.179. The summed E-state index contributed by atoms with van der Waals surface area (Å²) in [6.45, 7) is 3.86. The molecule has 0 atom stereocenters. The number of amides is 3. The molecular weight excluding hydrogens is 547 g/mol. The Kier molecular flexibility index (Phi) is 8.99. The third-order valence-electron chi connectivity index (χ3n) is 5.59. The molecule has 3 amide bonds. The number of carbonyl (C=O) groups excluding carboxylic acids is 3. The normalized spacial score (nSPS) is 14.2. The zero-order chi connectivity index (χ0) is 27.2. The number of hydrogen-bond donors (Lipinski definition) is 1. The van der Waals surface area contributed by atoms with E-state index in [2.05, 4.69) is 5.32 Å². The number of ether oxygens (including phenoxy) is 2. The number of carbonyl (C=O) groups is 3. The highest BCUT2D eigenvalue weighted by molar-refractivity contribution is 8.18. The number of thioether (sulfide) groups is 1. The lowest BCUT2D eigenvalue weighted by Crippen LogP contribution is -2.27. The first-order valence-electron chi connectivity index (χ1n) is 11.7. The Labute approximate surface area is 234 Å². The topological polar surface area (TPSA) is 84.9 Å². The number of rotatable bonds is 9. The molecule has 1 heterocycles. The Morgan fingerprint density at radius 2 is 1.74 bits per heavy atom. The molecule has 3 aromatic rings. The van der Waals surface area contributed by atoms with Gasteiger partial charge >= 0.3 is 0 Å². The molecule has 0 spiro atoms. The van der Waals surface area contributed by atoms with Crippen molar-refractivity contribution in [3.63, 3.8) is 0 Å². The molecule has 1 aliphatic rings. The Morgan fingerprint density at radius 3 is 2.45 bits per heavy atom. The van der Waals surface area contributed by atoms with Crippen LogP contribution in [-0.4, -0.2) is 35.2 Å². The molecule has 0 saturated carbocycles. The monoisotopic (exact) mass is 570 g/mol. The second kappa shape index (κ2) is 12.4. The van der Waals surface area contributed by atoms with E-state index in [0.717, 1.165) is 22.2 Å². The van der Waals surface area contributed by atoms with Gasteiger partial charge in [-0.1, -0.05) is 53.5 Å². The molecule has 1 fully saturated rings. The Balaban J connectivity index is 1.47. The van der Waals surface area contributed by atoms with Crippen LogP contribution in [0.3, 0.4) is 0 Å². The van der Waals surface area contributed by atoms with Gasteiger partial charge in [-0.25, -0.2) is 0 Å². The number of nitrogens with zero attached hydrogens (tertiary/aromatic N) is 1. The summed E-state index contributed by atoms with van der Waals surface area (Å²) in [5.41, 5.74) is 2.80. The lowest BCUT2D eigenvalue weighted by atomic mass is 10.1. The van der Waals surface area contributed by atoms with Gasteiger partial charge < -0.3 is 14.8 Å². The molecule has 0 aliphatic carbocycles. The third-order valence-corrected chi connectivity index (χ3v) is 7.21. The molecule has 0 aromatic heterocycles. The van der Waals surface area contributed by atoms with Crippen LogP contribution in [0.15, 0.2) is 65.6 Å². The summed E-state index contributed by atoms with van der Waals surface area (Å²) < 4.78 is 11.4. The van der Waals surface area contributed by atoms with E-state index >= 15 is 0 Å². The predicted molar refractivity (Wildman–Crippen MR) is 151 cm³/mol. The van der Waals surface area contributed by atoms with Gasteiger partial charge in [0.2, 0.25) is 0 Å². The first kappa shape index (κ1) is 27.6. The molecule has 3 aromatic carbocycles. The quantitative estimate of drug-likeness (QED) is 0.280. The number of halogens is 2. The Hall–Kier alpha value is -3.46. The van der Waals surface area contributed by atoms with Crippen molar-refractivity contribution in [3.05, 3.63) is 92.3 Å². The summed E-state index contributed by atoms with van der Waals surface area (Å²) in [5, 5.41) is 3.17. The van der Waals surface area contributed by atoms with Crippen molar-refractivity contribution < 1.29 is 23.9 Å². The number of aryl methyl sites for hydroxylation is 1. The van der Waals surface area contributed by atoms with Gasteiger partial charge in [-0.2, -0.15) is 0 Å². The minimum Gasteiger partial charge on any atom is -0.490 e. The number of para-hydroxylation sites is 1. The average Bonchev–Trinajstić information content (AvgIpc) is 3.14. The second-order valence-corrected chi connectivity index (χ2v) is 10.1. The van der Waals surface area contributed by atoms with E-state index < -0.39 is 11.1 Å². The van der Waals surface area contributed by atoms with Crippen molar-refractivity contribution in [3.8, 4) is 11.5 Å². The maximum Gasteiger partial charge on any atom is 0.293 e. The molecule has 1 N–H and O–H groups in total. The van der Waals surface area contributed by atoms with Crippen LogP contribution in [0, 0.1) is 6.92 Å². The summed E-state index contributed by atoms with van der Waals surface area (Å²) in [4.78, 5) is 39.4. The summed E-state index contributed by atoms with van der Waals surface area (Å²) >= 11 is 13.3. The first-order chi connectivity index (χ1) is 18.3. The van der Waals surface area contributed by atoms with E-state index in [1.165, 1.54) is 0 Å². The first-order valence-corrected chi connectivity index (χ1v) is 13.3. The number of imide groups is 1. The highest BCUT2D eigenvalue weighted by Crippen LogP contribution is 2.37. The van der Waals surface area contributed by atoms with Gasteiger partial charge in [-0.15, -0.1) is 0 Å². The zero-order valence-electron chi connectivity index (χ0n) is 20.6. The molecule has 1 saturated heterocycles. The van der Waals surface area contributed by atoms with Crippen LogP contribution in [0.4, 0.5) is 10.5 Å². The molecule has 0 unspecified atom stereocenters. The minimum atomic E-state index is -0.442. The van der Waals surface area contributed by atoms with Gasteiger partial charge in [0.15, 0.2) is 18.1 Å². The van der Waals surface area contributed by atoms with Gasteiger partial charge in [0.25, 0.3) is 17.1 Å². The van der Waals surface area contributed by atoms with E-state index in [1.54, 1.807) is 42.5 Å². The minimum absolute atomic E-state index is 0.0257. The van der Waals surface area contributed by atoms with Crippen LogP contribution in [0.25, 0.3) is 6.08 Å². The molecule has 196 valence electrons. The van der Waals surface area contributed by atoms with E-state index in [-0.39, 0.29) is 24.0 Å². The summed E-state index contributed by atoms with van der Waals surface area (Å²) in [7, 11) is 0. The molecule has 0 bridgehead atoms. The van der Waals surface area contributed by atoms with Crippen LogP contribution >= 0.6 is 35.0 Å². The van der Waals surface area contributed by atoms with E-state index in [9.17, 15) is 14.4 Å². The summed E-state index contributed by atoms with van der Waals surface area (Å²) in [6, 6.07) is 17.5. The maximum atomic E-state index is 13.0. The van der Waals surface area contributed by atoms with Crippen LogP contribution in [0.1, 0.15) is 23.6 Å². The highest BCUT2D eigenvalue weighted by Gasteiger charge is 2.35. The number of nitrogens with one attached hydrogen (secondary N) is 1. The highest BCUT2D eigenvalue weighted by atomic mass is 35.5. The smallest absolute Gasteiger partial charge is 0.293 e. The van der Waals surface area contributed by atoms with Crippen LogP contribution in [0.2, 0.25) is 10.0 Å². The van der Waals surface area contributed by atoms with Crippen molar-refractivity contribution in [1.82, 2.24) is 4.90 Å². The van der Waals surface area contributed by atoms with E-state index in [4.69, 9.17) is 32.7 Å². The lowest BCUT2D eigenvalue weighted by Gasteiger charge is -2.15. The fourth-order valence-corrected chi connectivity index (χ4v) is 5.03. The molecule has 7 nitrogen and oxygen atoms in total. The van der Waals surface area contributed by atoms with Crippen molar-refractivity contribution in [1.29, 1.82) is 0 Å². The molecule has 0 radical (unpaired) electrons. The summed E-state index contributed by atoms with van der Waals surface area (Å²) in [6.07, 6.45) is 1.61. The fourth-order valence-electron chi connectivity index (χ4n) is 3.67. The number of hydrogen-bond acceptors (Lipinski definition) is 6. The standard InChI is InChI=1S/C28H24Cl2N2O5S/c1-3-36-24-13-18(11-12-23(24)37-16-26(33)31-22-10-5-4-7-17(22)2)14-25-27(34)32(28(35)38-25)15-19-20(29)8-6-9-21(19)30/h4-14H,3,15-16H2,1-2H3,(H,31,33)/b25-14-. The maximum absolute atomic E-state index is 13.0. The van der Waals surface area contributed by atoms with Crippen molar-refractivity contribution in [2.24, 2.45) is 0 Å². The van der Waals surface area contributed by atoms with Crippen LogP contribution in [0.5, 0.6) is 11.5 Å². The van der Waals surface area contributed by atoms with Gasteiger partial charge in [-0.3, -0.25) is 19.3 Å². The Morgan fingerprint density at radius 1 is 1.00 bits per heavy atom. The van der Waals surface area contributed by atoms with Gasteiger partial charge in [-0.05, 0) is 73.1 Å². The van der Waals surface area contributed by atoms with Gasteiger partial charge in [0, 0.05) is 21.3 Å². The largest absolute Gasteiger partial charge is 0.490 e. The zero-order valence-corrected chi connectivity index (χ0v) is 23.0. The number of benzene rings is 3. The van der Waals surface area contributed by atoms with Crippen LogP contribution < -0.4 is 14.8 Å². The SMILES string of the molecule is CCOc1cc(/C=C2\SC(=O)N(Cc3c(Cl)cccc3Cl)C2=O)ccc1OCC(=O)Nc1ccccc1C. The molecular formula is C28H24Cl2N2O5S. The van der Waals surface area contributed by atoms with E-state index in [0.29, 0.717) is 45.0 Å².